The van der Waals surface area contributed by atoms with Gasteiger partial charge in [0.1, 0.15) is 17.5 Å². The molecule has 33 heavy (non-hydrogen) atoms. The fourth-order valence-electron chi connectivity index (χ4n) is 6.00. The molecule has 2 saturated carbocycles. The highest BCUT2D eigenvalue weighted by molar-refractivity contribution is 7.85. The van der Waals surface area contributed by atoms with Gasteiger partial charge in [-0.15, -0.1) is 0 Å². The van der Waals surface area contributed by atoms with Crippen LogP contribution in [0.2, 0.25) is 5.02 Å². The number of halogens is 1. The molecule has 1 spiro atoms. The molecule has 1 saturated heterocycles. The second-order valence-corrected chi connectivity index (χ2v) is 12.4. The Labute approximate surface area is 201 Å². The summed E-state index contributed by atoms with van der Waals surface area (Å²) in [4.78, 5) is 17.1. The van der Waals surface area contributed by atoms with E-state index >= 15 is 0 Å². The third-order valence-electron chi connectivity index (χ3n) is 8.25. The molecule has 2 aliphatic carbocycles. The fourth-order valence-corrected chi connectivity index (χ4v) is 7.48. The van der Waals surface area contributed by atoms with Gasteiger partial charge in [-0.2, -0.15) is 0 Å². The lowest BCUT2D eigenvalue weighted by Crippen LogP contribution is -2.58. The van der Waals surface area contributed by atoms with E-state index in [1.807, 2.05) is 0 Å². The minimum absolute atomic E-state index is 0.0889. The molecule has 0 unspecified atom stereocenters. The number of aliphatic hydroxyl groups excluding tert-OH is 1. The van der Waals surface area contributed by atoms with E-state index in [9.17, 15) is 9.32 Å². The molecule has 6 rings (SSSR count). The van der Waals surface area contributed by atoms with Crippen LogP contribution in [-0.2, 0) is 17.2 Å². The van der Waals surface area contributed by atoms with Crippen molar-refractivity contribution in [2.45, 2.75) is 67.7 Å². The molecule has 2 N–H and O–H groups in total. The van der Waals surface area contributed by atoms with Gasteiger partial charge in [-0.25, -0.2) is 15.0 Å². The first-order valence-corrected chi connectivity index (χ1v) is 13.7. The first-order chi connectivity index (χ1) is 16.0. The normalized spacial score (nSPS) is 25.4. The average Bonchev–Trinajstić information content (AvgIpc) is 3.16. The van der Waals surface area contributed by atoms with Crippen molar-refractivity contribution in [2.75, 3.05) is 35.7 Å². The zero-order valence-corrected chi connectivity index (χ0v) is 20.3. The molecule has 0 aromatic carbocycles. The van der Waals surface area contributed by atoms with Gasteiger partial charge in [-0.3, -0.25) is 4.21 Å². The number of hydrogen-bond acceptors (Lipinski definition) is 7. The van der Waals surface area contributed by atoms with Gasteiger partial charge in [0, 0.05) is 42.6 Å². The van der Waals surface area contributed by atoms with Crippen molar-refractivity contribution in [3.05, 3.63) is 34.9 Å². The molecule has 0 bridgehead atoms. The number of nitrogens with one attached hydrogen (secondary N) is 1. The first kappa shape index (κ1) is 21.7. The van der Waals surface area contributed by atoms with E-state index in [2.05, 4.69) is 26.3 Å². The Bertz CT molecular complexity index is 1070. The number of hydrogen-bond donors (Lipinski definition) is 2. The van der Waals surface area contributed by atoms with E-state index < -0.39 is 10.8 Å². The maximum absolute atomic E-state index is 12.7. The highest BCUT2D eigenvalue weighted by atomic mass is 35.5. The zero-order valence-electron chi connectivity index (χ0n) is 18.7. The summed E-state index contributed by atoms with van der Waals surface area (Å²) in [7, 11) is -1.01. The number of anilines is 2. The molecule has 2 aromatic rings. The van der Waals surface area contributed by atoms with E-state index in [-0.39, 0.29) is 12.1 Å². The largest absolute Gasteiger partial charge is 0.394 e. The summed E-state index contributed by atoms with van der Waals surface area (Å²) in [5.41, 5.74) is 1.20. The Morgan fingerprint density at radius 3 is 2.55 bits per heavy atom. The van der Waals surface area contributed by atoms with Gasteiger partial charge in [-0.1, -0.05) is 11.6 Å². The van der Waals surface area contributed by atoms with Gasteiger partial charge in [0.15, 0.2) is 0 Å². The van der Waals surface area contributed by atoms with Crippen LogP contribution in [0, 0.1) is 5.41 Å². The Kier molecular flexibility index (Phi) is 5.38. The highest BCUT2D eigenvalue weighted by Gasteiger charge is 2.47. The van der Waals surface area contributed by atoms with Crippen LogP contribution >= 0.6 is 11.6 Å². The van der Waals surface area contributed by atoms with E-state index in [1.54, 1.807) is 12.4 Å². The van der Waals surface area contributed by atoms with Crippen molar-refractivity contribution >= 4 is 34.0 Å². The van der Waals surface area contributed by atoms with E-state index in [1.165, 1.54) is 12.8 Å². The van der Waals surface area contributed by atoms with Crippen LogP contribution in [0.4, 0.5) is 11.6 Å². The maximum atomic E-state index is 12.7. The number of aryl methyl sites for hydroxylation is 1. The molecule has 176 valence electrons. The van der Waals surface area contributed by atoms with Crippen molar-refractivity contribution in [1.29, 1.82) is 0 Å². The summed E-state index contributed by atoms with van der Waals surface area (Å²) in [6.45, 7) is 2.12. The Morgan fingerprint density at radius 1 is 1.18 bits per heavy atom. The van der Waals surface area contributed by atoms with E-state index in [0.29, 0.717) is 22.1 Å². The summed E-state index contributed by atoms with van der Waals surface area (Å²) >= 11 is 5.94. The SMILES string of the molecule is O=[S@@]1CCc2cc(N3CC4(CCC(c5ncc(Cl)cn5)CC4)C3)nc(NC3(CO)CCC3)c21. The van der Waals surface area contributed by atoms with Crippen molar-refractivity contribution in [3.8, 4) is 0 Å². The topological polar surface area (TPSA) is 91.2 Å². The Hall–Kier alpha value is -1.77. The minimum atomic E-state index is -1.01. The molecule has 3 fully saturated rings. The molecule has 4 heterocycles. The maximum Gasteiger partial charge on any atom is 0.145 e. The predicted molar refractivity (Wildman–Crippen MR) is 129 cm³/mol. The quantitative estimate of drug-likeness (QED) is 0.664. The van der Waals surface area contributed by atoms with Crippen LogP contribution in [0.3, 0.4) is 0 Å². The van der Waals surface area contributed by atoms with Crippen LogP contribution in [-0.4, -0.2) is 55.3 Å². The highest BCUT2D eigenvalue weighted by Crippen LogP contribution is 2.49. The fraction of sp³-hybridized carbons (Fsp3) is 0.625. The second-order valence-electron chi connectivity index (χ2n) is 10.4. The van der Waals surface area contributed by atoms with Crippen molar-refractivity contribution in [3.63, 3.8) is 0 Å². The molecular weight excluding hydrogens is 458 g/mol. The van der Waals surface area contributed by atoms with Gasteiger partial charge in [0.25, 0.3) is 0 Å². The van der Waals surface area contributed by atoms with Gasteiger partial charge in [-0.05, 0) is 63.0 Å². The lowest BCUT2D eigenvalue weighted by Gasteiger charge is -2.54. The van der Waals surface area contributed by atoms with Crippen LogP contribution in [0.5, 0.6) is 0 Å². The number of pyridine rings is 1. The second kappa shape index (κ2) is 8.17. The number of aliphatic hydroxyl groups is 1. The monoisotopic (exact) mass is 487 g/mol. The minimum Gasteiger partial charge on any atom is -0.394 e. The third kappa shape index (κ3) is 3.84. The van der Waals surface area contributed by atoms with Crippen LogP contribution < -0.4 is 10.2 Å². The summed E-state index contributed by atoms with van der Waals surface area (Å²) in [6.07, 6.45) is 11.8. The average molecular weight is 488 g/mol. The standard InChI is InChI=1S/C24H30ClN5O2S/c25-18-11-26-21(27-12-18)16-2-7-23(8-3-16)13-30(14-23)19-10-17-4-9-33(32)20(17)22(28-19)29-24(15-31)5-1-6-24/h10-12,16,31H,1-9,13-15H2,(H,28,29)/t33-/m1/s1. The molecule has 0 amide bonds. The number of nitrogens with zero attached hydrogens (tertiary/aromatic N) is 4. The molecule has 7 nitrogen and oxygen atoms in total. The van der Waals surface area contributed by atoms with Crippen LogP contribution in [0.1, 0.15) is 62.3 Å². The molecule has 2 aromatic heterocycles. The number of rotatable bonds is 5. The first-order valence-electron chi connectivity index (χ1n) is 12.0. The predicted octanol–water partition coefficient (Wildman–Crippen LogP) is 3.68. The lowest BCUT2D eigenvalue weighted by atomic mass is 9.65. The Morgan fingerprint density at radius 2 is 1.91 bits per heavy atom. The van der Waals surface area contributed by atoms with Crippen molar-refractivity contribution in [1.82, 2.24) is 15.0 Å². The van der Waals surface area contributed by atoms with Gasteiger partial charge in [0.05, 0.1) is 32.9 Å². The van der Waals surface area contributed by atoms with E-state index in [4.69, 9.17) is 16.6 Å². The van der Waals surface area contributed by atoms with Gasteiger partial charge < -0.3 is 15.3 Å². The molecule has 2 aliphatic heterocycles. The molecule has 1 atom stereocenters. The van der Waals surface area contributed by atoms with Crippen LogP contribution in [0.15, 0.2) is 23.4 Å². The van der Waals surface area contributed by atoms with Crippen molar-refractivity contribution < 1.29 is 9.32 Å². The van der Waals surface area contributed by atoms with Crippen molar-refractivity contribution in [2.24, 2.45) is 5.41 Å². The summed E-state index contributed by atoms with van der Waals surface area (Å²) < 4.78 is 12.7. The van der Waals surface area contributed by atoms with Crippen LogP contribution in [0.25, 0.3) is 0 Å². The Balaban J connectivity index is 1.16. The van der Waals surface area contributed by atoms with Gasteiger partial charge in [0.2, 0.25) is 0 Å². The number of fused-ring (bicyclic) bond motifs is 1. The summed E-state index contributed by atoms with van der Waals surface area (Å²) in [6, 6.07) is 2.15. The summed E-state index contributed by atoms with van der Waals surface area (Å²) in [5.74, 6) is 3.72. The molecule has 0 radical (unpaired) electrons. The smallest absolute Gasteiger partial charge is 0.145 e. The third-order valence-corrected chi connectivity index (χ3v) is 9.93. The number of aromatic nitrogens is 3. The summed E-state index contributed by atoms with van der Waals surface area (Å²) in [5, 5.41) is 14.0. The molecule has 4 aliphatic rings. The molecular formula is C24H30ClN5O2S. The zero-order chi connectivity index (χ0) is 22.6. The van der Waals surface area contributed by atoms with Gasteiger partial charge >= 0.3 is 0 Å². The van der Waals surface area contributed by atoms with E-state index in [0.717, 1.165) is 79.5 Å². The lowest BCUT2D eigenvalue weighted by molar-refractivity contribution is 0.125. The molecule has 9 heteroatoms.